The van der Waals surface area contributed by atoms with Crippen LogP contribution in [0.25, 0.3) is 0 Å². The summed E-state index contributed by atoms with van der Waals surface area (Å²) in [6, 6.07) is 9.99. The maximum Gasteiger partial charge on any atom is 0.416 e. The van der Waals surface area contributed by atoms with Crippen LogP contribution < -0.4 is 4.90 Å². The third-order valence-corrected chi connectivity index (χ3v) is 7.78. The van der Waals surface area contributed by atoms with Crippen LogP contribution in [0.5, 0.6) is 0 Å². The molecule has 3 rings (SSSR count). The third-order valence-electron chi connectivity index (χ3n) is 5.86. The van der Waals surface area contributed by atoms with Crippen molar-refractivity contribution in [2.75, 3.05) is 11.4 Å². The van der Waals surface area contributed by atoms with Crippen molar-refractivity contribution < 1.29 is 17.9 Å². The number of carbonyl (C=O) groups excluding carboxylic acids is 1. The van der Waals surface area contributed by atoms with E-state index in [1.54, 1.807) is 45.7 Å². The number of nitrogens with zero attached hydrogens (tertiary/aromatic N) is 3. The quantitative estimate of drug-likeness (QED) is 0.557. The second-order valence-electron chi connectivity index (χ2n) is 9.61. The predicted molar refractivity (Wildman–Crippen MR) is 130 cm³/mol. The summed E-state index contributed by atoms with van der Waals surface area (Å²) >= 11 is 0. The number of anilines is 1. The first-order valence-electron chi connectivity index (χ1n) is 11.5. The van der Waals surface area contributed by atoms with Crippen LogP contribution in [-0.2, 0) is 14.8 Å². The molecule has 0 spiro atoms. The minimum absolute atomic E-state index is 0.169. The molecule has 180 valence electrons. The molecule has 0 N–H and O–H groups in total. The Balaban J connectivity index is 2.04. The number of amides is 1. The van der Waals surface area contributed by atoms with Gasteiger partial charge < -0.3 is 4.74 Å². The zero-order valence-electron chi connectivity index (χ0n) is 20.4. The first-order valence-corrected chi connectivity index (χ1v) is 13.0. The molecular formula is C25H35N3O4S. The maximum atomic E-state index is 13.5. The lowest BCUT2D eigenvalue weighted by atomic mass is 10.0. The molecule has 1 aromatic heterocycles. The largest absolute Gasteiger partial charge is 0.443 e. The Morgan fingerprint density at radius 3 is 2.52 bits per heavy atom. The molecule has 1 aliphatic rings. The predicted octanol–water partition coefficient (Wildman–Crippen LogP) is 5.46. The lowest BCUT2D eigenvalue weighted by Crippen LogP contribution is -2.43. The van der Waals surface area contributed by atoms with Gasteiger partial charge in [0, 0.05) is 24.3 Å². The van der Waals surface area contributed by atoms with Crippen molar-refractivity contribution in [1.29, 1.82) is 0 Å². The summed E-state index contributed by atoms with van der Waals surface area (Å²) in [7, 11) is -3.70. The van der Waals surface area contributed by atoms with Crippen LogP contribution in [0.1, 0.15) is 71.0 Å². The molecule has 1 aliphatic heterocycles. The Morgan fingerprint density at radius 1 is 1.24 bits per heavy atom. The van der Waals surface area contributed by atoms with Gasteiger partial charge in [-0.15, -0.1) is 0 Å². The van der Waals surface area contributed by atoms with Crippen LogP contribution in [0.15, 0.2) is 47.5 Å². The van der Waals surface area contributed by atoms with E-state index in [0.717, 1.165) is 17.5 Å². The van der Waals surface area contributed by atoms with Gasteiger partial charge in [0.25, 0.3) is 0 Å². The average molecular weight is 474 g/mol. The van der Waals surface area contributed by atoms with E-state index >= 15 is 0 Å². The van der Waals surface area contributed by atoms with E-state index in [0.29, 0.717) is 25.2 Å². The van der Waals surface area contributed by atoms with Gasteiger partial charge in [0.2, 0.25) is 10.0 Å². The highest BCUT2D eigenvalue weighted by Gasteiger charge is 2.39. The summed E-state index contributed by atoms with van der Waals surface area (Å²) in [5, 5.41) is 0. The van der Waals surface area contributed by atoms with Crippen LogP contribution in [-0.4, -0.2) is 42.0 Å². The Kier molecular flexibility index (Phi) is 7.49. The Bertz CT molecular complexity index is 1080. The zero-order valence-corrected chi connectivity index (χ0v) is 21.2. The number of rotatable bonds is 6. The molecule has 0 saturated carbocycles. The Morgan fingerprint density at radius 2 is 1.91 bits per heavy atom. The van der Waals surface area contributed by atoms with Gasteiger partial charge in [0.15, 0.2) is 0 Å². The third kappa shape index (κ3) is 5.55. The lowest BCUT2D eigenvalue weighted by Gasteiger charge is -2.33. The minimum Gasteiger partial charge on any atom is -0.443 e. The number of pyridine rings is 1. The van der Waals surface area contributed by atoms with Gasteiger partial charge in [-0.25, -0.2) is 18.2 Å². The number of carbonyl (C=O) groups is 1. The molecule has 1 aromatic carbocycles. The van der Waals surface area contributed by atoms with E-state index in [2.05, 4.69) is 4.98 Å². The number of sulfonamides is 1. The number of hydrogen-bond acceptors (Lipinski definition) is 5. The number of benzene rings is 1. The van der Waals surface area contributed by atoms with E-state index in [-0.39, 0.29) is 10.9 Å². The van der Waals surface area contributed by atoms with Gasteiger partial charge in [-0.3, -0.25) is 4.90 Å². The molecule has 1 saturated heterocycles. The van der Waals surface area contributed by atoms with Gasteiger partial charge in [-0.1, -0.05) is 30.7 Å². The van der Waals surface area contributed by atoms with E-state index in [9.17, 15) is 13.2 Å². The van der Waals surface area contributed by atoms with Crippen molar-refractivity contribution in [2.24, 2.45) is 0 Å². The summed E-state index contributed by atoms with van der Waals surface area (Å²) < 4.78 is 34.3. The number of aryl methyl sites for hydroxylation is 1. The van der Waals surface area contributed by atoms with Crippen LogP contribution >= 0.6 is 0 Å². The van der Waals surface area contributed by atoms with Gasteiger partial charge >= 0.3 is 6.09 Å². The van der Waals surface area contributed by atoms with E-state index in [4.69, 9.17) is 4.74 Å². The van der Waals surface area contributed by atoms with Gasteiger partial charge in [0.05, 0.1) is 10.9 Å². The molecule has 8 heteroatoms. The van der Waals surface area contributed by atoms with E-state index in [1.807, 2.05) is 47.6 Å². The average Bonchev–Trinajstić information content (AvgIpc) is 3.24. The highest BCUT2D eigenvalue weighted by Crippen LogP contribution is 2.40. The topological polar surface area (TPSA) is 79.8 Å². The first-order chi connectivity index (χ1) is 15.5. The number of ether oxygens (including phenoxy) is 1. The van der Waals surface area contributed by atoms with E-state index in [1.165, 1.54) is 0 Å². The molecule has 1 amide bonds. The van der Waals surface area contributed by atoms with Gasteiger partial charge in [-0.2, -0.15) is 4.31 Å². The fourth-order valence-electron chi connectivity index (χ4n) is 4.02. The van der Waals surface area contributed by atoms with E-state index < -0.39 is 27.8 Å². The SMILES string of the molecule is CC[C@H](C)N(C(=O)OC(C)(C)C)c1ncccc1[C@H]1CCCN1S(=O)(=O)c1ccc(C)cc1. The molecule has 2 atom stereocenters. The number of hydrogen-bond donors (Lipinski definition) is 0. The zero-order chi connectivity index (χ0) is 24.4. The number of aromatic nitrogens is 1. The standard InChI is InChI=1S/C25H35N3O4S/c1-7-19(3)28(24(29)32-25(4,5)6)23-21(10-8-16-26-23)22-11-9-17-27(22)33(30,31)20-14-12-18(2)13-15-20/h8,10,12-16,19,22H,7,9,11,17H2,1-6H3/t19-,22+/m0/s1. The summed E-state index contributed by atoms with van der Waals surface area (Å²) in [6.07, 6.45) is 3.24. The Hall–Kier alpha value is -2.45. The summed E-state index contributed by atoms with van der Waals surface area (Å²) in [5.41, 5.74) is 1.06. The molecule has 0 bridgehead atoms. The monoisotopic (exact) mass is 473 g/mol. The van der Waals surface area contributed by atoms with Crippen LogP contribution in [0.4, 0.5) is 10.6 Å². The summed E-state index contributed by atoms with van der Waals surface area (Å²) in [4.78, 5) is 19.6. The second kappa shape index (κ2) is 9.81. The first kappa shape index (κ1) is 25.2. The smallest absolute Gasteiger partial charge is 0.416 e. The molecule has 1 fully saturated rings. The molecule has 0 radical (unpaired) electrons. The molecule has 2 aromatic rings. The highest BCUT2D eigenvalue weighted by atomic mass is 32.2. The van der Waals surface area contributed by atoms with Crippen molar-refractivity contribution in [2.45, 2.75) is 83.4 Å². The van der Waals surface area contributed by atoms with Crippen LogP contribution in [0.3, 0.4) is 0 Å². The second-order valence-corrected chi connectivity index (χ2v) is 11.5. The van der Waals surface area contributed by atoms with Crippen LogP contribution in [0, 0.1) is 6.92 Å². The fraction of sp³-hybridized carbons (Fsp3) is 0.520. The normalized spacial score (nSPS) is 18.2. The van der Waals surface area contributed by atoms with Crippen molar-refractivity contribution in [3.05, 3.63) is 53.7 Å². The summed E-state index contributed by atoms with van der Waals surface area (Å²) in [6.45, 7) is 11.8. The van der Waals surface area contributed by atoms with Gasteiger partial charge in [0.1, 0.15) is 11.4 Å². The molecule has 0 unspecified atom stereocenters. The molecule has 0 aliphatic carbocycles. The van der Waals surface area contributed by atoms with Gasteiger partial charge in [-0.05, 0) is 72.1 Å². The Labute approximate surface area is 197 Å². The minimum atomic E-state index is -3.70. The molecule has 33 heavy (non-hydrogen) atoms. The fourth-order valence-corrected chi connectivity index (χ4v) is 5.70. The van der Waals surface area contributed by atoms with Crippen molar-refractivity contribution >= 4 is 21.9 Å². The van der Waals surface area contributed by atoms with Crippen molar-refractivity contribution in [1.82, 2.24) is 9.29 Å². The highest BCUT2D eigenvalue weighted by molar-refractivity contribution is 7.89. The van der Waals surface area contributed by atoms with Crippen molar-refractivity contribution in [3.8, 4) is 0 Å². The van der Waals surface area contributed by atoms with Crippen LogP contribution in [0.2, 0.25) is 0 Å². The molecule has 2 heterocycles. The maximum absolute atomic E-state index is 13.5. The molecule has 7 nitrogen and oxygen atoms in total. The summed E-state index contributed by atoms with van der Waals surface area (Å²) in [5.74, 6) is 0.456. The molecular weight excluding hydrogens is 438 g/mol. The lowest BCUT2D eigenvalue weighted by molar-refractivity contribution is 0.0565. The van der Waals surface area contributed by atoms with Crippen molar-refractivity contribution in [3.63, 3.8) is 0 Å².